The molecule has 8 nitrogen and oxygen atoms in total. The molecule has 3 aromatic carbocycles. The third kappa shape index (κ3) is 4.76. The van der Waals surface area contributed by atoms with E-state index in [1.807, 2.05) is 0 Å². The van der Waals surface area contributed by atoms with Gasteiger partial charge in [0.1, 0.15) is 5.75 Å². The van der Waals surface area contributed by atoms with E-state index in [2.05, 4.69) is 10.0 Å². The van der Waals surface area contributed by atoms with Crippen LogP contribution >= 0.6 is 0 Å². The molecule has 0 bridgehead atoms. The largest absolute Gasteiger partial charge is 0.495 e. The van der Waals surface area contributed by atoms with Crippen molar-refractivity contribution in [1.82, 2.24) is 0 Å². The summed E-state index contributed by atoms with van der Waals surface area (Å²) in [6.45, 7) is 0. The van der Waals surface area contributed by atoms with Gasteiger partial charge in [0.2, 0.25) is 5.91 Å². The highest BCUT2D eigenvalue weighted by Gasteiger charge is 2.15. The first-order chi connectivity index (χ1) is 14.3. The number of primary amides is 1. The van der Waals surface area contributed by atoms with Gasteiger partial charge < -0.3 is 15.8 Å². The molecule has 0 atom stereocenters. The zero-order valence-electron chi connectivity index (χ0n) is 16.0. The van der Waals surface area contributed by atoms with Gasteiger partial charge in [-0.3, -0.25) is 14.3 Å². The first-order valence-electron chi connectivity index (χ1n) is 8.77. The standard InChI is InChI=1S/C21H19N3O5S/c1-29-19-12-9-15(20(22)25)13-18(19)23-21(26)14-7-10-16(11-8-14)24-30(27,28)17-5-3-2-4-6-17/h2-13,24H,1H3,(H2,22,25)(H,23,26). The van der Waals surface area contributed by atoms with Crippen molar-refractivity contribution in [2.24, 2.45) is 5.73 Å². The Morgan fingerprint density at radius 3 is 2.13 bits per heavy atom. The summed E-state index contributed by atoms with van der Waals surface area (Å²) in [7, 11) is -2.29. The van der Waals surface area contributed by atoms with E-state index < -0.39 is 21.8 Å². The van der Waals surface area contributed by atoms with Gasteiger partial charge in [-0.2, -0.15) is 0 Å². The Kier molecular flexibility index (Phi) is 6.03. The number of carbonyl (C=O) groups is 2. The van der Waals surface area contributed by atoms with Crippen molar-refractivity contribution in [3.8, 4) is 5.75 Å². The predicted molar refractivity (Wildman–Crippen MR) is 113 cm³/mol. The quantitative estimate of drug-likeness (QED) is 0.536. The number of nitrogens with one attached hydrogen (secondary N) is 2. The lowest BCUT2D eigenvalue weighted by molar-refractivity contribution is 0.0996. The fourth-order valence-electron chi connectivity index (χ4n) is 2.66. The number of anilines is 2. The van der Waals surface area contributed by atoms with Gasteiger partial charge in [0.15, 0.2) is 0 Å². The molecule has 0 spiro atoms. The maximum absolute atomic E-state index is 12.6. The average Bonchev–Trinajstić information content (AvgIpc) is 2.74. The topological polar surface area (TPSA) is 128 Å². The second kappa shape index (κ2) is 8.66. The number of amides is 2. The van der Waals surface area contributed by atoms with Crippen molar-refractivity contribution in [2.75, 3.05) is 17.1 Å². The number of nitrogens with two attached hydrogens (primary N) is 1. The lowest BCUT2D eigenvalue weighted by Crippen LogP contribution is -2.16. The number of rotatable bonds is 7. The van der Waals surface area contributed by atoms with E-state index in [0.717, 1.165) is 0 Å². The van der Waals surface area contributed by atoms with E-state index in [-0.39, 0.29) is 21.7 Å². The maximum Gasteiger partial charge on any atom is 0.261 e. The van der Waals surface area contributed by atoms with Gasteiger partial charge in [-0.1, -0.05) is 18.2 Å². The Labute approximate surface area is 173 Å². The highest BCUT2D eigenvalue weighted by Crippen LogP contribution is 2.26. The van der Waals surface area contributed by atoms with Crippen LogP contribution in [-0.4, -0.2) is 27.3 Å². The number of hydrogen-bond acceptors (Lipinski definition) is 5. The third-order valence-electron chi connectivity index (χ3n) is 4.19. The first-order valence-corrected chi connectivity index (χ1v) is 10.3. The van der Waals surface area contributed by atoms with Crippen LogP contribution in [0.4, 0.5) is 11.4 Å². The number of carbonyl (C=O) groups excluding carboxylic acids is 2. The molecule has 2 amide bonds. The van der Waals surface area contributed by atoms with E-state index in [1.54, 1.807) is 18.2 Å². The van der Waals surface area contributed by atoms with E-state index in [0.29, 0.717) is 11.4 Å². The Balaban J connectivity index is 1.76. The van der Waals surface area contributed by atoms with Crippen molar-refractivity contribution in [2.45, 2.75) is 4.90 Å². The fraction of sp³-hybridized carbons (Fsp3) is 0.0476. The zero-order chi connectivity index (χ0) is 21.7. The number of sulfonamides is 1. The molecule has 154 valence electrons. The smallest absolute Gasteiger partial charge is 0.261 e. The SMILES string of the molecule is COc1ccc(C(N)=O)cc1NC(=O)c1ccc(NS(=O)(=O)c2ccccc2)cc1. The third-order valence-corrected chi connectivity index (χ3v) is 5.58. The Morgan fingerprint density at radius 2 is 1.53 bits per heavy atom. The Bertz CT molecular complexity index is 1180. The molecule has 0 heterocycles. The normalized spacial score (nSPS) is 10.8. The number of methoxy groups -OCH3 is 1. The highest BCUT2D eigenvalue weighted by molar-refractivity contribution is 7.92. The van der Waals surface area contributed by atoms with Crippen LogP contribution in [0.2, 0.25) is 0 Å². The molecule has 0 radical (unpaired) electrons. The minimum atomic E-state index is -3.73. The summed E-state index contributed by atoms with van der Waals surface area (Å²) >= 11 is 0. The van der Waals surface area contributed by atoms with Crippen LogP contribution in [0.5, 0.6) is 5.75 Å². The highest BCUT2D eigenvalue weighted by atomic mass is 32.2. The molecule has 3 rings (SSSR count). The minimum absolute atomic E-state index is 0.133. The second-order valence-electron chi connectivity index (χ2n) is 6.23. The molecule has 0 saturated carbocycles. The van der Waals surface area contributed by atoms with Crippen molar-refractivity contribution in [3.05, 3.63) is 83.9 Å². The lowest BCUT2D eigenvalue weighted by atomic mass is 10.1. The van der Waals surface area contributed by atoms with Gasteiger partial charge >= 0.3 is 0 Å². The van der Waals surface area contributed by atoms with Crippen molar-refractivity contribution in [1.29, 1.82) is 0 Å². The Hall–Kier alpha value is -3.85. The molecule has 4 N–H and O–H groups in total. The number of ether oxygens (including phenoxy) is 1. The molecule has 0 saturated heterocycles. The van der Waals surface area contributed by atoms with Crippen molar-refractivity contribution < 1.29 is 22.7 Å². The average molecular weight is 425 g/mol. The fourth-order valence-corrected chi connectivity index (χ4v) is 3.74. The molecule has 0 aliphatic carbocycles. The van der Waals surface area contributed by atoms with Gasteiger partial charge in [0, 0.05) is 16.8 Å². The Morgan fingerprint density at radius 1 is 0.900 bits per heavy atom. The van der Waals surface area contributed by atoms with Gasteiger partial charge in [-0.05, 0) is 54.6 Å². The summed E-state index contributed by atoms with van der Waals surface area (Å²) in [5, 5.41) is 2.66. The summed E-state index contributed by atoms with van der Waals surface area (Å²) in [6.07, 6.45) is 0. The zero-order valence-corrected chi connectivity index (χ0v) is 16.8. The maximum atomic E-state index is 12.6. The minimum Gasteiger partial charge on any atom is -0.495 e. The van der Waals surface area contributed by atoms with E-state index in [4.69, 9.17) is 10.5 Å². The predicted octanol–water partition coefficient (Wildman–Crippen LogP) is 2.85. The van der Waals surface area contributed by atoms with Crippen molar-refractivity contribution >= 4 is 33.2 Å². The van der Waals surface area contributed by atoms with Crippen LogP contribution in [0.15, 0.2) is 77.7 Å². The summed E-state index contributed by atoms with van der Waals surface area (Å²) in [5.41, 5.74) is 6.37. The summed E-state index contributed by atoms with van der Waals surface area (Å²) in [5.74, 6) is -0.740. The summed E-state index contributed by atoms with van der Waals surface area (Å²) in [6, 6.07) is 18.3. The van der Waals surface area contributed by atoms with Crippen molar-refractivity contribution in [3.63, 3.8) is 0 Å². The lowest BCUT2D eigenvalue weighted by Gasteiger charge is -2.12. The van der Waals surface area contributed by atoms with Gasteiger partial charge in [-0.25, -0.2) is 8.42 Å². The van der Waals surface area contributed by atoms with Crippen LogP contribution in [0.3, 0.4) is 0 Å². The van der Waals surface area contributed by atoms with Gasteiger partial charge in [0.25, 0.3) is 15.9 Å². The molecule has 0 aromatic heterocycles. The van der Waals surface area contributed by atoms with Crippen LogP contribution in [0, 0.1) is 0 Å². The summed E-state index contributed by atoms with van der Waals surface area (Å²) in [4.78, 5) is 24.1. The number of hydrogen-bond donors (Lipinski definition) is 3. The van der Waals surface area contributed by atoms with Crippen LogP contribution < -0.4 is 20.5 Å². The molecule has 9 heteroatoms. The number of benzene rings is 3. The van der Waals surface area contributed by atoms with E-state index in [9.17, 15) is 18.0 Å². The monoisotopic (exact) mass is 425 g/mol. The first kappa shape index (κ1) is 20.9. The van der Waals surface area contributed by atoms with E-state index >= 15 is 0 Å². The van der Waals surface area contributed by atoms with Gasteiger partial charge in [-0.15, -0.1) is 0 Å². The molecule has 30 heavy (non-hydrogen) atoms. The molecule has 0 fully saturated rings. The molecule has 0 aliphatic heterocycles. The molecule has 3 aromatic rings. The van der Waals surface area contributed by atoms with Crippen LogP contribution in [-0.2, 0) is 10.0 Å². The molecule has 0 unspecified atom stereocenters. The van der Waals surface area contributed by atoms with E-state index in [1.165, 1.54) is 61.7 Å². The second-order valence-corrected chi connectivity index (χ2v) is 7.91. The summed E-state index contributed by atoms with van der Waals surface area (Å²) < 4.78 is 32.4. The van der Waals surface area contributed by atoms with Crippen LogP contribution in [0.25, 0.3) is 0 Å². The van der Waals surface area contributed by atoms with Crippen LogP contribution in [0.1, 0.15) is 20.7 Å². The van der Waals surface area contributed by atoms with Gasteiger partial charge in [0.05, 0.1) is 17.7 Å². The molecular weight excluding hydrogens is 406 g/mol. The molecular formula is C21H19N3O5S. The molecule has 0 aliphatic rings.